The fourth-order valence-electron chi connectivity index (χ4n) is 3.64. The van der Waals surface area contributed by atoms with Gasteiger partial charge in [0.2, 0.25) is 0 Å². The number of hydrogen-bond donors (Lipinski definition) is 2. The minimum absolute atomic E-state index is 0.101. The lowest BCUT2D eigenvalue weighted by molar-refractivity contribution is 0.0757. The van der Waals surface area contributed by atoms with Crippen LogP contribution in [0.3, 0.4) is 0 Å². The molecule has 0 radical (unpaired) electrons. The number of nitrogens with two attached hydrogens (primary N) is 1. The van der Waals surface area contributed by atoms with E-state index in [0.717, 1.165) is 32.3 Å². The zero-order valence-electron chi connectivity index (χ0n) is 15.5. The molecule has 1 saturated carbocycles. The third-order valence-corrected chi connectivity index (χ3v) is 5.22. The van der Waals surface area contributed by atoms with Crippen LogP contribution < -0.4 is 5.73 Å². The number of aliphatic hydroxyl groups excluding tert-OH is 1. The molecule has 0 aliphatic heterocycles. The lowest BCUT2D eigenvalue weighted by Crippen LogP contribution is -2.40. The van der Waals surface area contributed by atoms with Crippen molar-refractivity contribution in [2.75, 3.05) is 13.2 Å². The number of unbranched alkanes of at least 4 members (excludes halogenated alkanes) is 3. The van der Waals surface area contributed by atoms with Gasteiger partial charge in [0.05, 0.1) is 12.7 Å². The average molecular weight is 334 g/mol. The quantitative estimate of drug-likeness (QED) is 0.632. The molecule has 136 valence electrons. The smallest absolute Gasteiger partial charge is 0.0611 e. The minimum atomic E-state index is -0.359. The molecular weight excluding hydrogens is 298 g/mol. The van der Waals surface area contributed by atoms with E-state index in [1.54, 1.807) is 0 Å². The molecular formula is C21H35NO2. The Balaban J connectivity index is 1.66. The Hall–Kier alpha value is -0.900. The zero-order valence-corrected chi connectivity index (χ0v) is 15.5. The number of aliphatic hydroxyl groups is 1. The molecule has 3 N–H and O–H groups in total. The van der Waals surface area contributed by atoms with Crippen LogP contribution in [0.1, 0.15) is 75.8 Å². The van der Waals surface area contributed by atoms with Gasteiger partial charge in [-0.05, 0) is 69.4 Å². The molecule has 1 aliphatic carbocycles. The Labute approximate surface area is 147 Å². The van der Waals surface area contributed by atoms with Crippen LogP contribution in [0.25, 0.3) is 0 Å². The zero-order chi connectivity index (χ0) is 17.4. The highest BCUT2D eigenvalue weighted by Gasteiger charge is 2.35. The molecule has 3 heteroatoms. The summed E-state index contributed by atoms with van der Waals surface area (Å²) in [5.41, 5.74) is 8.64. The maximum atomic E-state index is 9.40. The molecule has 2 rings (SSSR count). The molecule has 0 unspecified atom stereocenters. The number of ether oxygens (including phenoxy) is 1. The van der Waals surface area contributed by atoms with E-state index in [1.807, 2.05) is 0 Å². The highest BCUT2D eigenvalue weighted by molar-refractivity contribution is 5.27. The van der Waals surface area contributed by atoms with Crippen LogP contribution in [0.4, 0.5) is 0 Å². The Morgan fingerprint density at radius 1 is 1.17 bits per heavy atom. The van der Waals surface area contributed by atoms with Gasteiger partial charge >= 0.3 is 0 Å². The summed E-state index contributed by atoms with van der Waals surface area (Å²) >= 11 is 0. The number of rotatable bonds is 10. The Kier molecular flexibility index (Phi) is 7.73. The molecule has 24 heavy (non-hydrogen) atoms. The fraction of sp³-hybridized carbons (Fsp3) is 0.714. The monoisotopic (exact) mass is 333 g/mol. The molecule has 0 bridgehead atoms. The van der Waals surface area contributed by atoms with Crippen molar-refractivity contribution in [3.05, 3.63) is 35.4 Å². The normalized spacial score (nSPS) is 24.0. The predicted octanol–water partition coefficient (Wildman–Crippen LogP) is 4.17. The second-order valence-corrected chi connectivity index (χ2v) is 7.79. The molecule has 2 atom stereocenters. The maximum Gasteiger partial charge on any atom is 0.0611 e. The van der Waals surface area contributed by atoms with E-state index in [0.29, 0.717) is 12.0 Å². The molecule has 1 fully saturated rings. The first-order chi connectivity index (χ1) is 11.5. The summed E-state index contributed by atoms with van der Waals surface area (Å²) in [5, 5.41) is 9.40. The fourth-order valence-corrected chi connectivity index (χ4v) is 3.64. The first kappa shape index (κ1) is 19.4. The standard InChI is InChI=1S/C21H35NO2/c1-17(2)24-14-6-4-3-5-7-18-8-10-19(11-9-18)20-12-13-21(22,15-20)16-23/h8-11,17,20,23H,3-7,12-16,22H2,1-2H3/t20-,21+/m0/s1. The van der Waals surface area contributed by atoms with Crippen LogP contribution in [-0.2, 0) is 11.2 Å². The van der Waals surface area contributed by atoms with Crippen molar-refractivity contribution in [2.45, 2.75) is 82.8 Å². The van der Waals surface area contributed by atoms with Crippen molar-refractivity contribution in [2.24, 2.45) is 5.73 Å². The summed E-state index contributed by atoms with van der Waals surface area (Å²) in [7, 11) is 0. The van der Waals surface area contributed by atoms with Gasteiger partial charge in [-0.2, -0.15) is 0 Å². The third kappa shape index (κ3) is 6.19. The van der Waals surface area contributed by atoms with Crippen molar-refractivity contribution in [1.29, 1.82) is 0 Å². The van der Waals surface area contributed by atoms with E-state index in [9.17, 15) is 5.11 Å². The molecule has 0 saturated heterocycles. The Bertz CT molecular complexity index is 471. The third-order valence-electron chi connectivity index (χ3n) is 5.22. The van der Waals surface area contributed by atoms with Gasteiger partial charge in [0.1, 0.15) is 0 Å². The van der Waals surface area contributed by atoms with E-state index in [4.69, 9.17) is 10.5 Å². The summed E-state index contributed by atoms with van der Waals surface area (Å²) < 4.78 is 5.57. The van der Waals surface area contributed by atoms with Gasteiger partial charge < -0.3 is 15.6 Å². The van der Waals surface area contributed by atoms with Crippen LogP contribution in [0.2, 0.25) is 0 Å². The van der Waals surface area contributed by atoms with Crippen molar-refractivity contribution in [3.63, 3.8) is 0 Å². The Morgan fingerprint density at radius 2 is 1.88 bits per heavy atom. The lowest BCUT2D eigenvalue weighted by atomic mass is 9.92. The molecule has 0 spiro atoms. The molecule has 3 nitrogen and oxygen atoms in total. The van der Waals surface area contributed by atoms with Gasteiger partial charge in [0, 0.05) is 12.1 Å². The van der Waals surface area contributed by atoms with Gasteiger partial charge in [-0.3, -0.25) is 0 Å². The van der Waals surface area contributed by atoms with E-state index < -0.39 is 0 Å². The molecule has 0 heterocycles. The summed E-state index contributed by atoms with van der Waals surface area (Å²) in [6.45, 7) is 5.17. The second kappa shape index (κ2) is 9.55. The molecule has 0 amide bonds. The summed E-state index contributed by atoms with van der Waals surface area (Å²) in [4.78, 5) is 0. The topological polar surface area (TPSA) is 55.5 Å². The van der Waals surface area contributed by atoms with E-state index in [1.165, 1.54) is 36.8 Å². The molecule has 0 aromatic heterocycles. The summed E-state index contributed by atoms with van der Waals surface area (Å²) in [6, 6.07) is 9.07. The number of benzene rings is 1. The van der Waals surface area contributed by atoms with Crippen LogP contribution >= 0.6 is 0 Å². The van der Waals surface area contributed by atoms with Crippen LogP contribution in [0.5, 0.6) is 0 Å². The van der Waals surface area contributed by atoms with E-state index in [-0.39, 0.29) is 12.1 Å². The predicted molar refractivity (Wildman–Crippen MR) is 100 cm³/mol. The van der Waals surface area contributed by atoms with Gasteiger partial charge in [-0.1, -0.05) is 37.1 Å². The van der Waals surface area contributed by atoms with Crippen LogP contribution in [-0.4, -0.2) is 30.0 Å². The van der Waals surface area contributed by atoms with Crippen molar-refractivity contribution in [1.82, 2.24) is 0 Å². The minimum Gasteiger partial charge on any atom is -0.394 e. The van der Waals surface area contributed by atoms with Gasteiger partial charge in [0.25, 0.3) is 0 Å². The average Bonchev–Trinajstić information content (AvgIpc) is 2.97. The first-order valence-corrected chi connectivity index (χ1v) is 9.62. The molecule has 1 aromatic carbocycles. The lowest BCUT2D eigenvalue weighted by Gasteiger charge is -2.21. The second-order valence-electron chi connectivity index (χ2n) is 7.79. The largest absolute Gasteiger partial charge is 0.394 e. The van der Waals surface area contributed by atoms with Crippen molar-refractivity contribution in [3.8, 4) is 0 Å². The van der Waals surface area contributed by atoms with Crippen molar-refractivity contribution >= 4 is 0 Å². The van der Waals surface area contributed by atoms with Crippen LogP contribution in [0, 0.1) is 0 Å². The number of hydrogen-bond acceptors (Lipinski definition) is 3. The first-order valence-electron chi connectivity index (χ1n) is 9.62. The highest BCUT2D eigenvalue weighted by Crippen LogP contribution is 2.39. The SMILES string of the molecule is CC(C)OCCCCCCc1ccc([C@H]2CC[C@](N)(CO)C2)cc1. The Morgan fingerprint density at radius 3 is 2.50 bits per heavy atom. The summed E-state index contributed by atoms with van der Waals surface area (Å²) in [6.07, 6.45) is 9.39. The van der Waals surface area contributed by atoms with Crippen LogP contribution in [0.15, 0.2) is 24.3 Å². The molecule has 1 aliphatic rings. The van der Waals surface area contributed by atoms with E-state index in [2.05, 4.69) is 38.1 Å². The van der Waals surface area contributed by atoms with Gasteiger partial charge in [-0.15, -0.1) is 0 Å². The van der Waals surface area contributed by atoms with E-state index >= 15 is 0 Å². The van der Waals surface area contributed by atoms with Gasteiger partial charge in [-0.25, -0.2) is 0 Å². The summed E-state index contributed by atoms with van der Waals surface area (Å²) in [5.74, 6) is 0.511. The molecule has 1 aromatic rings. The maximum absolute atomic E-state index is 9.40. The highest BCUT2D eigenvalue weighted by atomic mass is 16.5. The number of aryl methyl sites for hydroxylation is 1. The van der Waals surface area contributed by atoms with Gasteiger partial charge in [0.15, 0.2) is 0 Å². The van der Waals surface area contributed by atoms with Crippen molar-refractivity contribution < 1.29 is 9.84 Å².